The van der Waals surface area contributed by atoms with Gasteiger partial charge in [0.05, 0.1) is 12.4 Å². The Bertz CT molecular complexity index is 615. The number of carbonyl (C=O) groups is 3. The number of nitrogens with two attached hydrogens (primary N) is 1. The van der Waals surface area contributed by atoms with Gasteiger partial charge in [0.1, 0.15) is 12.1 Å². The summed E-state index contributed by atoms with van der Waals surface area (Å²) in [7, 11) is 0. The zero-order valence-corrected chi connectivity index (χ0v) is 16.4. The minimum Gasteiger partial charge on any atom is -0.480 e. The number of carboxylic acid groups (broad SMARTS) is 1. The topological polar surface area (TPSA) is 150 Å². The van der Waals surface area contributed by atoms with Gasteiger partial charge in [-0.15, -0.1) is 0 Å². The highest BCUT2D eigenvalue weighted by atomic mass is 16.4. The van der Waals surface area contributed by atoms with Gasteiger partial charge in [-0.05, 0) is 24.7 Å². The summed E-state index contributed by atoms with van der Waals surface area (Å²) < 4.78 is 0. The molecule has 0 radical (unpaired) electrons. The Balaban J connectivity index is 2.87. The van der Waals surface area contributed by atoms with E-state index in [9.17, 15) is 19.5 Å². The van der Waals surface area contributed by atoms with Gasteiger partial charge in [-0.25, -0.2) is 9.78 Å². The maximum Gasteiger partial charge on any atom is 0.326 e. The summed E-state index contributed by atoms with van der Waals surface area (Å²) in [5.41, 5.74) is 6.54. The summed E-state index contributed by atoms with van der Waals surface area (Å²) in [5.74, 6) is -1.80. The van der Waals surface area contributed by atoms with Gasteiger partial charge >= 0.3 is 5.97 Å². The second-order valence-corrected chi connectivity index (χ2v) is 7.61. The maximum absolute atomic E-state index is 12.7. The zero-order valence-electron chi connectivity index (χ0n) is 16.4. The number of aromatic amines is 1. The highest BCUT2D eigenvalue weighted by Crippen LogP contribution is 2.08. The molecule has 152 valence electrons. The lowest BCUT2D eigenvalue weighted by atomic mass is 10.0. The van der Waals surface area contributed by atoms with Crippen molar-refractivity contribution in [1.29, 1.82) is 0 Å². The standard InChI is InChI=1S/C18H31N5O4/c1-10(2)5-13(19)16(24)22-14(7-12-8-20-9-21-12)17(25)23-15(18(26)27)6-11(3)4/h8-11,13-15H,5-7,19H2,1-4H3,(H,20,21)(H,22,24)(H,23,25)(H,26,27). The van der Waals surface area contributed by atoms with Crippen LogP contribution >= 0.6 is 0 Å². The number of aliphatic carboxylic acids is 1. The molecule has 0 saturated heterocycles. The van der Waals surface area contributed by atoms with E-state index in [1.165, 1.54) is 6.33 Å². The Labute approximate surface area is 159 Å². The number of hydrogen-bond donors (Lipinski definition) is 5. The number of imidazole rings is 1. The maximum atomic E-state index is 12.7. The smallest absolute Gasteiger partial charge is 0.326 e. The van der Waals surface area contributed by atoms with Gasteiger partial charge in [0.15, 0.2) is 0 Å². The SMILES string of the molecule is CC(C)CC(N)C(=O)NC(Cc1cnc[nH]1)C(=O)NC(CC(C)C)C(=O)O. The Morgan fingerprint density at radius 2 is 1.67 bits per heavy atom. The number of carboxylic acids is 1. The number of H-pyrrole nitrogens is 1. The molecule has 1 aromatic heterocycles. The van der Waals surface area contributed by atoms with Crippen molar-refractivity contribution in [1.82, 2.24) is 20.6 Å². The van der Waals surface area contributed by atoms with E-state index in [-0.39, 0.29) is 18.3 Å². The highest BCUT2D eigenvalue weighted by Gasteiger charge is 2.29. The summed E-state index contributed by atoms with van der Waals surface area (Å²) >= 11 is 0. The molecule has 0 aliphatic carbocycles. The van der Waals surface area contributed by atoms with Gasteiger partial charge in [0.25, 0.3) is 0 Å². The number of rotatable bonds is 11. The van der Waals surface area contributed by atoms with Crippen LogP contribution < -0.4 is 16.4 Å². The molecule has 9 nitrogen and oxygen atoms in total. The van der Waals surface area contributed by atoms with Crippen molar-refractivity contribution < 1.29 is 19.5 Å². The minimum absolute atomic E-state index is 0.0894. The predicted octanol–water partition coefficient (Wildman–Crippen LogP) is 0.426. The molecule has 2 amide bonds. The number of amides is 2. The first-order valence-corrected chi connectivity index (χ1v) is 9.16. The number of hydrogen-bond acceptors (Lipinski definition) is 5. The Morgan fingerprint density at radius 3 is 2.15 bits per heavy atom. The third-order valence-electron chi connectivity index (χ3n) is 4.00. The Kier molecular flexibility index (Phi) is 8.93. The van der Waals surface area contributed by atoms with E-state index in [0.29, 0.717) is 18.5 Å². The van der Waals surface area contributed by atoms with Crippen LogP contribution in [0.4, 0.5) is 0 Å². The molecule has 0 aliphatic rings. The molecule has 6 N–H and O–H groups in total. The molecule has 1 heterocycles. The normalized spacial score (nSPS) is 14.6. The van der Waals surface area contributed by atoms with Crippen LogP contribution in [0.1, 0.15) is 46.2 Å². The quantitative estimate of drug-likeness (QED) is 0.375. The number of nitrogens with zero attached hydrogens (tertiary/aromatic N) is 1. The van der Waals surface area contributed by atoms with Crippen molar-refractivity contribution in [3.05, 3.63) is 18.2 Å². The lowest BCUT2D eigenvalue weighted by Gasteiger charge is -2.23. The molecule has 3 atom stereocenters. The van der Waals surface area contributed by atoms with Crippen LogP contribution in [0.15, 0.2) is 12.5 Å². The molecule has 3 unspecified atom stereocenters. The molecule has 1 aromatic rings. The molecule has 0 saturated carbocycles. The summed E-state index contributed by atoms with van der Waals surface area (Å²) in [6, 6.07) is -2.72. The molecule has 1 rings (SSSR count). The van der Waals surface area contributed by atoms with Crippen molar-refractivity contribution in [3.8, 4) is 0 Å². The fraction of sp³-hybridized carbons (Fsp3) is 0.667. The van der Waals surface area contributed by atoms with E-state index < -0.39 is 35.9 Å². The monoisotopic (exact) mass is 381 g/mol. The lowest BCUT2D eigenvalue weighted by molar-refractivity contribution is -0.142. The van der Waals surface area contributed by atoms with Crippen LogP contribution in [-0.4, -0.2) is 51.0 Å². The van der Waals surface area contributed by atoms with E-state index in [1.807, 2.05) is 27.7 Å². The fourth-order valence-electron chi connectivity index (χ4n) is 2.68. The highest BCUT2D eigenvalue weighted by molar-refractivity contribution is 5.91. The molecule has 9 heteroatoms. The second kappa shape index (κ2) is 10.7. The van der Waals surface area contributed by atoms with Crippen molar-refractivity contribution in [3.63, 3.8) is 0 Å². The van der Waals surface area contributed by atoms with Crippen LogP contribution in [0.25, 0.3) is 0 Å². The van der Waals surface area contributed by atoms with E-state index in [2.05, 4.69) is 20.6 Å². The summed E-state index contributed by atoms with van der Waals surface area (Å²) in [6.45, 7) is 7.64. The zero-order chi connectivity index (χ0) is 20.6. The van der Waals surface area contributed by atoms with E-state index in [0.717, 1.165) is 0 Å². The number of nitrogens with one attached hydrogen (secondary N) is 3. The van der Waals surface area contributed by atoms with Crippen LogP contribution in [-0.2, 0) is 20.8 Å². The molecule has 0 bridgehead atoms. The number of aromatic nitrogens is 2. The van der Waals surface area contributed by atoms with Crippen LogP contribution in [0.2, 0.25) is 0 Å². The summed E-state index contributed by atoms with van der Waals surface area (Å²) in [4.78, 5) is 43.2. The molecule has 0 fully saturated rings. The molecule has 0 aliphatic heterocycles. The van der Waals surface area contributed by atoms with E-state index in [4.69, 9.17) is 5.73 Å². The van der Waals surface area contributed by atoms with Gasteiger partial charge in [-0.2, -0.15) is 0 Å². The van der Waals surface area contributed by atoms with Gasteiger partial charge in [-0.1, -0.05) is 27.7 Å². The van der Waals surface area contributed by atoms with Gasteiger partial charge in [0.2, 0.25) is 11.8 Å². The van der Waals surface area contributed by atoms with Gasteiger partial charge in [-0.3, -0.25) is 9.59 Å². The predicted molar refractivity (Wildman–Crippen MR) is 101 cm³/mol. The summed E-state index contributed by atoms with van der Waals surface area (Å²) in [6.07, 6.45) is 3.94. The minimum atomic E-state index is -1.11. The average molecular weight is 381 g/mol. The van der Waals surface area contributed by atoms with Crippen molar-refractivity contribution >= 4 is 17.8 Å². The Morgan fingerprint density at radius 1 is 1.07 bits per heavy atom. The summed E-state index contributed by atoms with van der Waals surface area (Å²) in [5, 5.41) is 14.5. The van der Waals surface area contributed by atoms with E-state index >= 15 is 0 Å². The lowest BCUT2D eigenvalue weighted by Crippen LogP contribution is -2.55. The second-order valence-electron chi connectivity index (χ2n) is 7.61. The number of carbonyl (C=O) groups excluding carboxylic acids is 2. The third-order valence-corrected chi connectivity index (χ3v) is 4.00. The van der Waals surface area contributed by atoms with Gasteiger partial charge in [0, 0.05) is 18.3 Å². The first-order valence-electron chi connectivity index (χ1n) is 9.16. The molecular weight excluding hydrogens is 350 g/mol. The first kappa shape index (κ1) is 22.6. The van der Waals surface area contributed by atoms with Crippen LogP contribution in [0, 0.1) is 11.8 Å². The first-order chi connectivity index (χ1) is 12.6. The third kappa shape index (κ3) is 8.21. The fourth-order valence-corrected chi connectivity index (χ4v) is 2.68. The van der Waals surface area contributed by atoms with Gasteiger partial charge < -0.3 is 26.5 Å². The van der Waals surface area contributed by atoms with E-state index in [1.54, 1.807) is 6.20 Å². The van der Waals surface area contributed by atoms with Crippen LogP contribution in [0.5, 0.6) is 0 Å². The molecule has 0 aromatic carbocycles. The van der Waals surface area contributed by atoms with Crippen LogP contribution in [0.3, 0.4) is 0 Å². The van der Waals surface area contributed by atoms with Crippen molar-refractivity contribution in [2.24, 2.45) is 17.6 Å². The Hall–Kier alpha value is -2.42. The van der Waals surface area contributed by atoms with Crippen molar-refractivity contribution in [2.45, 2.75) is 65.1 Å². The van der Waals surface area contributed by atoms with Crippen molar-refractivity contribution in [2.75, 3.05) is 0 Å². The molecular formula is C18H31N5O4. The average Bonchev–Trinajstić information content (AvgIpc) is 3.05. The molecule has 0 spiro atoms. The molecule has 27 heavy (non-hydrogen) atoms. The largest absolute Gasteiger partial charge is 0.480 e.